The number of carbonyl (C=O) groups excluding carboxylic acids is 1. The highest BCUT2D eigenvalue weighted by atomic mass is 32.2. The monoisotopic (exact) mass is 475 g/mol. The molecule has 3 aromatic rings. The highest BCUT2D eigenvalue weighted by Gasteiger charge is 2.20. The van der Waals surface area contributed by atoms with Gasteiger partial charge in [-0.1, -0.05) is 60.7 Å². The average molecular weight is 476 g/mol. The zero-order valence-corrected chi connectivity index (χ0v) is 19.8. The van der Waals surface area contributed by atoms with E-state index in [4.69, 9.17) is 0 Å². The molecule has 0 atom stereocenters. The normalized spacial score (nSPS) is 15.2. The minimum absolute atomic E-state index is 0.0278. The van der Waals surface area contributed by atoms with E-state index in [1.54, 1.807) is 30.3 Å². The molecule has 1 amide bonds. The van der Waals surface area contributed by atoms with Crippen LogP contribution in [0.25, 0.3) is 6.08 Å². The van der Waals surface area contributed by atoms with Gasteiger partial charge in [-0.25, -0.2) is 8.42 Å². The van der Waals surface area contributed by atoms with E-state index in [-0.39, 0.29) is 5.91 Å². The first-order valence-corrected chi connectivity index (χ1v) is 12.9. The van der Waals surface area contributed by atoms with Gasteiger partial charge in [-0.15, -0.1) is 0 Å². The molecule has 1 fully saturated rings. The van der Waals surface area contributed by atoms with E-state index >= 15 is 0 Å². The van der Waals surface area contributed by atoms with Gasteiger partial charge in [0.25, 0.3) is 15.9 Å². The Kier molecular flexibility index (Phi) is 7.77. The lowest BCUT2D eigenvalue weighted by Gasteiger charge is -2.22. The highest BCUT2D eigenvalue weighted by Crippen LogP contribution is 2.16. The van der Waals surface area contributed by atoms with Crippen LogP contribution in [0.15, 0.2) is 90.3 Å². The molecule has 7 heteroatoms. The van der Waals surface area contributed by atoms with Crippen LogP contribution in [0.3, 0.4) is 0 Å². The standard InChI is InChI=1S/C27H29N3O3S/c31-27(30-18-7-17-29(19-20-30)22-24-10-5-2-6-11-24)25-12-14-26(15-13-25)28-34(32,33)21-16-23-8-3-1-4-9-23/h1-6,8-16,21,28H,7,17-20,22H2/b21-16+. The Morgan fingerprint density at radius 3 is 2.21 bits per heavy atom. The smallest absolute Gasteiger partial charge is 0.255 e. The molecule has 6 nitrogen and oxygen atoms in total. The first-order chi connectivity index (χ1) is 16.5. The summed E-state index contributed by atoms with van der Waals surface area (Å²) in [5, 5.41) is 1.14. The second kappa shape index (κ2) is 11.1. The lowest BCUT2D eigenvalue weighted by Crippen LogP contribution is -2.35. The Hall–Kier alpha value is -3.42. The second-order valence-electron chi connectivity index (χ2n) is 8.35. The average Bonchev–Trinajstić information content (AvgIpc) is 3.09. The minimum atomic E-state index is -3.65. The molecule has 0 saturated carbocycles. The van der Waals surface area contributed by atoms with E-state index in [9.17, 15) is 13.2 Å². The maximum Gasteiger partial charge on any atom is 0.255 e. The Labute approximate surface area is 201 Å². The van der Waals surface area contributed by atoms with Crippen molar-refractivity contribution in [1.82, 2.24) is 9.80 Å². The lowest BCUT2D eigenvalue weighted by molar-refractivity contribution is 0.0761. The lowest BCUT2D eigenvalue weighted by atomic mass is 10.2. The number of nitrogens with zero attached hydrogens (tertiary/aromatic N) is 2. The molecule has 1 aliphatic heterocycles. The van der Waals surface area contributed by atoms with Gasteiger partial charge >= 0.3 is 0 Å². The predicted octanol–water partition coefficient (Wildman–Crippen LogP) is 4.45. The van der Waals surface area contributed by atoms with Crippen LogP contribution >= 0.6 is 0 Å². The third-order valence-corrected chi connectivity index (χ3v) is 6.77. The van der Waals surface area contributed by atoms with Crippen molar-refractivity contribution >= 4 is 27.7 Å². The zero-order chi connectivity index (χ0) is 23.8. The second-order valence-corrected chi connectivity index (χ2v) is 9.91. The molecule has 0 bridgehead atoms. The number of anilines is 1. The minimum Gasteiger partial charge on any atom is -0.337 e. The fourth-order valence-corrected chi connectivity index (χ4v) is 4.84. The van der Waals surface area contributed by atoms with Crippen molar-refractivity contribution in [3.8, 4) is 0 Å². The van der Waals surface area contributed by atoms with E-state index in [1.165, 1.54) is 5.56 Å². The van der Waals surface area contributed by atoms with Gasteiger partial charge in [0.15, 0.2) is 0 Å². The van der Waals surface area contributed by atoms with Crippen LogP contribution in [0.2, 0.25) is 0 Å². The Balaban J connectivity index is 1.33. The summed E-state index contributed by atoms with van der Waals surface area (Å²) in [7, 11) is -3.65. The number of amides is 1. The van der Waals surface area contributed by atoms with Gasteiger partial charge in [-0.3, -0.25) is 14.4 Å². The molecule has 34 heavy (non-hydrogen) atoms. The van der Waals surface area contributed by atoms with Crippen molar-refractivity contribution < 1.29 is 13.2 Å². The Morgan fingerprint density at radius 1 is 0.824 bits per heavy atom. The molecular formula is C27H29N3O3S. The molecular weight excluding hydrogens is 446 g/mol. The number of benzene rings is 3. The molecule has 3 aromatic carbocycles. The topological polar surface area (TPSA) is 69.7 Å². The van der Waals surface area contributed by atoms with Crippen molar-refractivity contribution in [2.45, 2.75) is 13.0 Å². The SMILES string of the molecule is O=C(c1ccc(NS(=O)(=O)/C=C/c2ccccc2)cc1)N1CCCN(Cc2ccccc2)CC1. The van der Waals surface area contributed by atoms with Crippen LogP contribution in [-0.2, 0) is 16.6 Å². The van der Waals surface area contributed by atoms with Crippen molar-refractivity contribution in [2.24, 2.45) is 0 Å². The fraction of sp³-hybridized carbons (Fsp3) is 0.222. The molecule has 0 spiro atoms. The largest absolute Gasteiger partial charge is 0.337 e. The molecule has 1 saturated heterocycles. The third-order valence-electron chi connectivity index (χ3n) is 5.76. The number of rotatable bonds is 7. The molecule has 1 N–H and O–H groups in total. The van der Waals surface area contributed by atoms with E-state index in [1.807, 2.05) is 53.4 Å². The van der Waals surface area contributed by atoms with Crippen molar-refractivity contribution in [3.63, 3.8) is 0 Å². The molecule has 1 heterocycles. The molecule has 1 aliphatic rings. The first-order valence-electron chi connectivity index (χ1n) is 11.4. The van der Waals surface area contributed by atoms with Crippen molar-refractivity contribution in [3.05, 3.63) is 107 Å². The van der Waals surface area contributed by atoms with Crippen molar-refractivity contribution in [2.75, 3.05) is 30.9 Å². The van der Waals surface area contributed by atoms with Crippen LogP contribution in [0.5, 0.6) is 0 Å². The molecule has 0 unspecified atom stereocenters. The summed E-state index contributed by atoms with van der Waals surface area (Å²) >= 11 is 0. The van der Waals surface area contributed by atoms with E-state index in [0.29, 0.717) is 24.3 Å². The fourth-order valence-electron chi connectivity index (χ4n) is 3.97. The van der Waals surface area contributed by atoms with E-state index < -0.39 is 10.0 Å². The summed E-state index contributed by atoms with van der Waals surface area (Å²) < 4.78 is 27.3. The summed E-state index contributed by atoms with van der Waals surface area (Å²) in [5.74, 6) is -0.0278. The highest BCUT2D eigenvalue weighted by molar-refractivity contribution is 7.95. The van der Waals surface area contributed by atoms with Gasteiger partial charge < -0.3 is 4.90 Å². The Morgan fingerprint density at radius 2 is 1.50 bits per heavy atom. The van der Waals surface area contributed by atoms with Crippen LogP contribution in [0.1, 0.15) is 27.9 Å². The number of nitrogens with one attached hydrogen (secondary N) is 1. The number of hydrogen-bond donors (Lipinski definition) is 1. The summed E-state index contributed by atoms with van der Waals surface area (Å²) in [6.07, 6.45) is 2.46. The Bertz CT molecular complexity index is 1210. The number of hydrogen-bond acceptors (Lipinski definition) is 4. The number of sulfonamides is 1. The van der Waals surface area contributed by atoms with Gasteiger partial charge in [0, 0.05) is 44.0 Å². The maximum atomic E-state index is 13.0. The molecule has 4 rings (SSSR count). The summed E-state index contributed by atoms with van der Waals surface area (Å²) in [4.78, 5) is 17.3. The zero-order valence-electron chi connectivity index (χ0n) is 19.0. The van der Waals surface area contributed by atoms with E-state index in [2.05, 4.69) is 21.8 Å². The van der Waals surface area contributed by atoms with Gasteiger partial charge in [0.2, 0.25) is 0 Å². The third kappa shape index (κ3) is 6.79. The summed E-state index contributed by atoms with van der Waals surface area (Å²) in [5.41, 5.74) is 3.05. The van der Waals surface area contributed by atoms with Crippen molar-refractivity contribution in [1.29, 1.82) is 0 Å². The van der Waals surface area contributed by atoms with Gasteiger partial charge in [-0.05, 0) is 47.9 Å². The van der Waals surface area contributed by atoms with Crippen LogP contribution in [0, 0.1) is 0 Å². The summed E-state index contributed by atoms with van der Waals surface area (Å²) in [6, 6.07) is 26.2. The van der Waals surface area contributed by atoms with Gasteiger partial charge in [0.1, 0.15) is 0 Å². The quantitative estimate of drug-likeness (QED) is 0.548. The molecule has 0 radical (unpaired) electrons. The maximum absolute atomic E-state index is 13.0. The first kappa shape index (κ1) is 23.7. The van der Waals surface area contributed by atoms with Gasteiger partial charge in [-0.2, -0.15) is 0 Å². The number of carbonyl (C=O) groups is 1. The molecule has 0 aliphatic carbocycles. The molecule has 176 valence electrons. The van der Waals surface area contributed by atoms with Crippen LogP contribution in [0.4, 0.5) is 5.69 Å². The molecule has 0 aromatic heterocycles. The van der Waals surface area contributed by atoms with Gasteiger partial charge in [0.05, 0.1) is 5.41 Å². The van der Waals surface area contributed by atoms with Crippen LogP contribution < -0.4 is 4.72 Å². The van der Waals surface area contributed by atoms with E-state index in [0.717, 1.165) is 37.0 Å². The predicted molar refractivity (Wildman–Crippen MR) is 137 cm³/mol. The summed E-state index contributed by atoms with van der Waals surface area (Å²) in [6.45, 7) is 4.05. The van der Waals surface area contributed by atoms with Crippen LogP contribution in [-0.4, -0.2) is 50.3 Å².